The third-order valence-corrected chi connectivity index (χ3v) is 6.97. The average molecular weight is 864 g/mol. The number of hydrogen-bond acceptors (Lipinski definition) is 9. The molecule has 0 aliphatic rings. The summed E-state index contributed by atoms with van der Waals surface area (Å²) >= 11 is 0. The summed E-state index contributed by atoms with van der Waals surface area (Å²) in [6.45, 7) is 2.30. The number of rotatable bonds is 16. The standard InChI is InChI=1S/C17H22F5NO4.C17H20F5NO4.CH4O.B.Na.H/c2*1-16(2,3)13(24)8-14(25)23-12(9-26-15(18)19)10-5-4-6-11(7-10)27-17(20,21)22;1-2;;;/h4-7,12-13,15,24H,8-9H2,1-3H3,(H,23,25);4-7,12,15H,8-9H2,1-3H3,(H,23,25);2H,1H3;;;/q;;;;+1;-1/t12-,13?;12-;;;;/m00..../s1. The molecule has 2 rings (SSSR count). The van der Waals surface area contributed by atoms with Crippen molar-refractivity contribution in [1.29, 1.82) is 0 Å². The number of halogens is 10. The number of alkyl halides is 10. The number of Topliss-reactive ketones (excluding diaryl/α,β-unsaturated/α-hetero) is 1. The van der Waals surface area contributed by atoms with E-state index in [4.69, 9.17) is 5.11 Å². The van der Waals surface area contributed by atoms with Gasteiger partial charge in [0.05, 0.1) is 44.2 Å². The molecule has 23 heteroatoms. The molecule has 325 valence electrons. The second kappa shape index (κ2) is 26.9. The molecule has 3 atom stereocenters. The number of amides is 2. The van der Waals surface area contributed by atoms with Crippen molar-refractivity contribution in [3.8, 4) is 11.5 Å². The van der Waals surface area contributed by atoms with E-state index in [2.05, 4.69) is 29.6 Å². The van der Waals surface area contributed by atoms with Crippen LogP contribution >= 0.6 is 0 Å². The summed E-state index contributed by atoms with van der Waals surface area (Å²) in [5.74, 6) is -2.96. The Hall–Kier alpha value is -3.15. The molecule has 0 spiro atoms. The Morgan fingerprint density at radius 2 is 1.05 bits per heavy atom. The fourth-order valence-electron chi connectivity index (χ4n) is 4.03. The quantitative estimate of drug-likeness (QED) is 0.111. The van der Waals surface area contributed by atoms with Gasteiger partial charge in [0.15, 0.2) is 0 Å². The molecule has 0 aliphatic carbocycles. The van der Waals surface area contributed by atoms with E-state index < -0.39 is 97.9 Å². The van der Waals surface area contributed by atoms with Gasteiger partial charge < -0.3 is 41.2 Å². The van der Waals surface area contributed by atoms with Crippen molar-refractivity contribution in [2.75, 3.05) is 20.3 Å². The SMILES string of the molecule is CC(C)(C)C(=O)CC(=O)N[C@@H](COC(F)F)c1cccc(OC(F)(F)F)c1.CC(C)(C)C(O)CC(=O)N[C@@H](COC(F)F)c1cccc(OC(F)(F)F)c1.CO.[B].[H-].[Na+]. The molecule has 0 aliphatic heterocycles. The van der Waals surface area contributed by atoms with Crippen molar-refractivity contribution in [1.82, 2.24) is 10.6 Å². The van der Waals surface area contributed by atoms with Gasteiger partial charge in [-0.05, 0) is 40.8 Å². The maximum Gasteiger partial charge on any atom is 1.00 e. The Balaban J connectivity index is -0.000000469. The molecule has 1 unspecified atom stereocenters. The number of carbonyl (C=O) groups excluding carboxylic acids is 3. The predicted molar refractivity (Wildman–Crippen MR) is 186 cm³/mol. The molecule has 0 fully saturated rings. The number of ketones is 1. The van der Waals surface area contributed by atoms with E-state index in [1.807, 2.05) is 0 Å². The van der Waals surface area contributed by atoms with Gasteiger partial charge in [-0.15, -0.1) is 26.3 Å². The van der Waals surface area contributed by atoms with E-state index in [9.17, 15) is 63.4 Å². The third-order valence-electron chi connectivity index (χ3n) is 6.97. The van der Waals surface area contributed by atoms with Gasteiger partial charge in [0.25, 0.3) is 0 Å². The van der Waals surface area contributed by atoms with Crippen molar-refractivity contribution in [3.63, 3.8) is 0 Å². The monoisotopic (exact) mass is 863 g/mol. The summed E-state index contributed by atoms with van der Waals surface area (Å²) in [6, 6.07) is 6.69. The van der Waals surface area contributed by atoms with Gasteiger partial charge >= 0.3 is 55.5 Å². The molecule has 2 amide bonds. The van der Waals surface area contributed by atoms with Gasteiger partial charge in [-0.2, -0.15) is 17.6 Å². The fourth-order valence-corrected chi connectivity index (χ4v) is 4.03. The second-order valence-corrected chi connectivity index (χ2v) is 13.6. The van der Waals surface area contributed by atoms with Gasteiger partial charge in [-0.3, -0.25) is 14.4 Å². The van der Waals surface area contributed by atoms with Crippen molar-refractivity contribution < 1.29 is 118 Å². The summed E-state index contributed by atoms with van der Waals surface area (Å²) in [6.07, 6.45) is -11.7. The largest absolute Gasteiger partial charge is 1.00 e. The first-order valence-electron chi connectivity index (χ1n) is 16.3. The van der Waals surface area contributed by atoms with Crippen molar-refractivity contribution in [3.05, 3.63) is 59.7 Å². The summed E-state index contributed by atoms with van der Waals surface area (Å²) < 4.78 is 139. The first-order valence-corrected chi connectivity index (χ1v) is 16.3. The maximum absolute atomic E-state index is 12.4. The van der Waals surface area contributed by atoms with E-state index in [0.717, 1.165) is 31.4 Å². The summed E-state index contributed by atoms with van der Waals surface area (Å²) in [5, 5.41) is 21.7. The molecule has 0 saturated heterocycles. The van der Waals surface area contributed by atoms with E-state index in [1.165, 1.54) is 24.3 Å². The first-order chi connectivity index (χ1) is 25.6. The Morgan fingerprint density at radius 1 is 0.690 bits per heavy atom. The number of ether oxygens (including phenoxy) is 4. The minimum absolute atomic E-state index is 0. The Bertz CT molecular complexity index is 1520. The smallest absolute Gasteiger partial charge is 1.00 e. The van der Waals surface area contributed by atoms with Gasteiger partial charge in [0.2, 0.25) is 11.8 Å². The normalized spacial score (nSPS) is 13.2. The average Bonchev–Trinajstić information content (AvgIpc) is 3.03. The fraction of sp³-hybridized carbons (Fsp3) is 0.571. The van der Waals surface area contributed by atoms with Crippen LogP contribution < -0.4 is 49.7 Å². The number of aliphatic hydroxyl groups excluding tert-OH is 2. The molecular formula is C35H47BF10N2NaO9. The zero-order valence-electron chi connectivity index (χ0n) is 33.9. The van der Waals surface area contributed by atoms with Crippen LogP contribution in [0.25, 0.3) is 0 Å². The molecule has 3 radical (unpaired) electrons. The molecular weight excluding hydrogens is 816 g/mol. The number of nitrogens with one attached hydrogen (secondary N) is 2. The van der Waals surface area contributed by atoms with Gasteiger partial charge in [-0.25, -0.2) is 0 Å². The number of hydrogen-bond donors (Lipinski definition) is 4. The molecule has 2 aromatic rings. The summed E-state index contributed by atoms with van der Waals surface area (Å²) in [5.41, 5.74) is -1.25. The van der Waals surface area contributed by atoms with Crippen molar-refractivity contribution >= 4 is 26.0 Å². The van der Waals surface area contributed by atoms with Crippen LogP contribution in [0.3, 0.4) is 0 Å². The zero-order valence-corrected chi connectivity index (χ0v) is 34.9. The van der Waals surface area contributed by atoms with E-state index in [0.29, 0.717) is 0 Å². The molecule has 4 N–H and O–H groups in total. The molecule has 0 heterocycles. The van der Waals surface area contributed by atoms with E-state index in [1.54, 1.807) is 41.5 Å². The minimum Gasteiger partial charge on any atom is -1.00 e. The van der Waals surface area contributed by atoms with Crippen LogP contribution in [0, 0.1) is 10.8 Å². The Kier molecular flexibility index (Phi) is 27.4. The minimum atomic E-state index is -4.93. The van der Waals surface area contributed by atoms with Gasteiger partial charge in [0, 0.05) is 20.9 Å². The van der Waals surface area contributed by atoms with Crippen molar-refractivity contribution in [2.45, 2.75) is 98.5 Å². The Morgan fingerprint density at radius 3 is 1.36 bits per heavy atom. The first kappa shape index (κ1) is 59.2. The zero-order chi connectivity index (χ0) is 43.7. The van der Waals surface area contributed by atoms with Crippen LogP contribution in [0.4, 0.5) is 43.9 Å². The molecule has 0 saturated carbocycles. The Labute approximate surface area is 354 Å². The molecule has 2 aromatic carbocycles. The van der Waals surface area contributed by atoms with Crippen molar-refractivity contribution in [2.24, 2.45) is 10.8 Å². The maximum atomic E-state index is 12.4. The number of benzene rings is 2. The van der Waals surface area contributed by atoms with Crippen LogP contribution in [-0.4, -0.2) is 88.6 Å². The topological polar surface area (TPSA) is 153 Å². The molecule has 0 aromatic heterocycles. The molecule has 58 heavy (non-hydrogen) atoms. The summed E-state index contributed by atoms with van der Waals surface area (Å²) in [7, 11) is 1.00. The van der Waals surface area contributed by atoms with Gasteiger partial charge in [-0.1, -0.05) is 65.8 Å². The number of aliphatic hydroxyl groups is 2. The van der Waals surface area contributed by atoms with Crippen LogP contribution in [0.15, 0.2) is 48.5 Å². The van der Waals surface area contributed by atoms with Gasteiger partial charge in [0.1, 0.15) is 17.3 Å². The second-order valence-electron chi connectivity index (χ2n) is 13.6. The summed E-state index contributed by atoms with van der Waals surface area (Å²) in [4.78, 5) is 36.1. The molecule has 0 bridgehead atoms. The van der Waals surface area contributed by atoms with Crippen LogP contribution in [0.1, 0.15) is 79.0 Å². The van der Waals surface area contributed by atoms with E-state index >= 15 is 0 Å². The van der Waals surface area contributed by atoms with Crippen LogP contribution in [0.5, 0.6) is 11.5 Å². The van der Waals surface area contributed by atoms with Crippen LogP contribution in [0.2, 0.25) is 0 Å². The predicted octanol–water partition coefficient (Wildman–Crippen LogP) is 4.11. The molecule has 11 nitrogen and oxygen atoms in total. The van der Waals surface area contributed by atoms with E-state index in [-0.39, 0.29) is 62.7 Å². The third kappa shape index (κ3) is 26.8. The van der Waals surface area contributed by atoms with Crippen LogP contribution in [-0.2, 0) is 23.9 Å². The number of carbonyl (C=O) groups is 3.